The predicted molar refractivity (Wildman–Crippen MR) is 153 cm³/mol. The summed E-state index contributed by atoms with van der Waals surface area (Å²) in [6.07, 6.45) is 3.85. The molecule has 14 nitrogen and oxygen atoms in total. The summed E-state index contributed by atoms with van der Waals surface area (Å²) in [5, 5.41) is 19.4. The quantitative estimate of drug-likeness (QED) is 0.0424. The average molecular weight is 634 g/mol. The standard InChI is InChI=1S/C25H23N5O9S3/c1-3-9-38-29-18(17-12-41-25(27-17)26-13-31)21(32)28-19-22(33)30-20(24(34)35)15(11-40-23(19)30)8-10-39-42(36,37)16-6-4-14(2)5-7-16/h3-8,10,12-13,19,23H,1,9,11H2,2H3,(H,28,32)(H,34,35)(H,26,27,31)/t19?,23-/m0/s1. The Morgan fingerprint density at radius 2 is 2.05 bits per heavy atom. The summed E-state index contributed by atoms with van der Waals surface area (Å²) in [7, 11) is -4.14. The number of allylic oxidation sites excluding steroid dienone is 1. The van der Waals surface area contributed by atoms with Crippen molar-refractivity contribution < 1.29 is 41.7 Å². The number of aliphatic carboxylic acids is 1. The maximum atomic E-state index is 13.1. The highest BCUT2D eigenvalue weighted by Gasteiger charge is 2.54. The number of anilines is 1. The lowest BCUT2D eigenvalue weighted by Crippen LogP contribution is -2.71. The molecule has 3 amide bonds. The highest BCUT2D eigenvalue weighted by Crippen LogP contribution is 2.40. The molecule has 3 N–H and O–H groups in total. The molecule has 1 fully saturated rings. The minimum atomic E-state index is -4.14. The number of carbonyl (C=O) groups excluding carboxylic acids is 3. The van der Waals surface area contributed by atoms with Crippen molar-refractivity contribution >= 4 is 68.3 Å². The van der Waals surface area contributed by atoms with E-state index in [1.54, 1.807) is 19.1 Å². The summed E-state index contributed by atoms with van der Waals surface area (Å²) >= 11 is 2.19. The van der Waals surface area contributed by atoms with E-state index in [4.69, 9.17) is 9.02 Å². The molecule has 1 aromatic heterocycles. The van der Waals surface area contributed by atoms with Crippen LogP contribution in [0.5, 0.6) is 0 Å². The molecule has 4 rings (SSSR count). The number of aryl methyl sites for hydroxylation is 1. The van der Waals surface area contributed by atoms with Gasteiger partial charge in [0, 0.05) is 11.1 Å². The summed E-state index contributed by atoms with van der Waals surface area (Å²) in [5.74, 6) is -2.87. The van der Waals surface area contributed by atoms with Crippen LogP contribution in [0.15, 0.2) is 76.0 Å². The second-order valence-corrected chi connectivity index (χ2v) is 12.1. The fourth-order valence-electron chi connectivity index (χ4n) is 3.78. The van der Waals surface area contributed by atoms with E-state index in [0.717, 1.165) is 39.8 Å². The lowest BCUT2D eigenvalue weighted by atomic mass is 10.0. The molecule has 0 aliphatic carbocycles. The van der Waals surface area contributed by atoms with Gasteiger partial charge in [0.1, 0.15) is 40.6 Å². The number of thiazole rings is 1. The number of nitrogens with one attached hydrogen (secondary N) is 2. The van der Waals surface area contributed by atoms with Gasteiger partial charge in [0.2, 0.25) is 6.41 Å². The van der Waals surface area contributed by atoms with Crippen LogP contribution in [-0.4, -0.2) is 77.1 Å². The Kier molecular flexibility index (Phi) is 9.44. The number of hydrogen-bond acceptors (Lipinski definition) is 12. The van der Waals surface area contributed by atoms with Crippen molar-refractivity contribution in [3.8, 4) is 0 Å². The molecular weight excluding hydrogens is 611 g/mol. The second-order valence-electron chi connectivity index (χ2n) is 8.53. The third kappa shape index (κ3) is 6.53. The Hall–Kier alpha value is -4.48. The Balaban J connectivity index is 1.50. The van der Waals surface area contributed by atoms with Crippen molar-refractivity contribution in [3.63, 3.8) is 0 Å². The number of aromatic nitrogens is 1. The molecular formula is C25H23N5O9S3. The van der Waals surface area contributed by atoms with Gasteiger partial charge in [-0.3, -0.25) is 19.3 Å². The minimum absolute atomic E-state index is 0.0198. The van der Waals surface area contributed by atoms with Crippen molar-refractivity contribution in [2.24, 2.45) is 5.16 Å². The van der Waals surface area contributed by atoms with Crippen LogP contribution in [0.4, 0.5) is 5.13 Å². The molecule has 17 heteroatoms. The van der Waals surface area contributed by atoms with Crippen LogP contribution in [0, 0.1) is 6.92 Å². The first-order valence-corrected chi connectivity index (χ1v) is 15.3. The number of nitrogens with zero attached hydrogens (tertiary/aromatic N) is 3. The van der Waals surface area contributed by atoms with E-state index >= 15 is 0 Å². The maximum Gasteiger partial charge on any atom is 0.352 e. The molecule has 1 unspecified atom stereocenters. The number of β-lactam (4-membered cyclic amide) rings is 1. The van der Waals surface area contributed by atoms with Crippen LogP contribution in [0.25, 0.3) is 0 Å². The highest BCUT2D eigenvalue weighted by atomic mass is 32.2. The Bertz CT molecular complexity index is 1610. The zero-order valence-electron chi connectivity index (χ0n) is 21.8. The van der Waals surface area contributed by atoms with Crippen molar-refractivity contribution in [2.45, 2.75) is 23.2 Å². The number of fused-ring (bicyclic) bond motifs is 1. The SMILES string of the molecule is C=CCON=C(C(=O)NC1C(=O)N2C(C(=O)O)=C(C=COS(=O)(=O)c3ccc(C)cc3)CS[C@@H]12)c1csc(NC=O)n1. The Morgan fingerprint density at radius 3 is 2.71 bits per heavy atom. The number of thioether (sulfide) groups is 1. The summed E-state index contributed by atoms with van der Waals surface area (Å²) in [6.45, 7) is 5.28. The number of benzene rings is 1. The van der Waals surface area contributed by atoms with Gasteiger partial charge in [-0.25, -0.2) is 9.78 Å². The first-order chi connectivity index (χ1) is 20.1. The molecule has 42 heavy (non-hydrogen) atoms. The first-order valence-electron chi connectivity index (χ1n) is 11.9. The molecule has 2 atom stereocenters. The molecule has 2 aliphatic rings. The number of amides is 3. The topological polar surface area (TPSA) is 194 Å². The molecule has 2 aliphatic heterocycles. The Labute approximate surface area is 247 Å². The lowest BCUT2D eigenvalue weighted by molar-refractivity contribution is -0.150. The zero-order chi connectivity index (χ0) is 30.4. The number of rotatable bonds is 13. The summed E-state index contributed by atoms with van der Waals surface area (Å²) in [6, 6.07) is 4.87. The van der Waals surface area contributed by atoms with E-state index in [1.807, 2.05) is 0 Å². The average Bonchev–Trinajstić information content (AvgIpc) is 3.42. The largest absolute Gasteiger partial charge is 0.477 e. The van der Waals surface area contributed by atoms with Crippen molar-refractivity contribution in [3.05, 3.63) is 77.2 Å². The summed E-state index contributed by atoms with van der Waals surface area (Å²) in [4.78, 5) is 59.1. The molecule has 0 radical (unpaired) electrons. The summed E-state index contributed by atoms with van der Waals surface area (Å²) < 4.78 is 29.8. The fraction of sp³-hybridized carbons (Fsp3) is 0.200. The van der Waals surface area contributed by atoms with E-state index in [0.29, 0.717) is 6.41 Å². The van der Waals surface area contributed by atoms with Crippen LogP contribution in [0.1, 0.15) is 11.3 Å². The smallest absolute Gasteiger partial charge is 0.352 e. The van der Waals surface area contributed by atoms with Crippen LogP contribution in [-0.2, 0) is 38.3 Å². The molecule has 2 aromatic rings. The van der Waals surface area contributed by atoms with Crippen molar-refractivity contribution in [2.75, 3.05) is 17.7 Å². The van der Waals surface area contributed by atoms with Gasteiger partial charge >= 0.3 is 16.1 Å². The van der Waals surface area contributed by atoms with Gasteiger partial charge < -0.3 is 24.8 Å². The van der Waals surface area contributed by atoms with Crippen molar-refractivity contribution in [1.29, 1.82) is 0 Å². The molecule has 3 heterocycles. The third-order valence-corrected chi connectivity index (χ3v) is 9.03. The van der Waals surface area contributed by atoms with Gasteiger partial charge in [0.15, 0.2) is 10.8 Å². The minimum Gasteiger partial charge on any atom is -0.477 e. The van der Waals surface area contributed by atoms with Crippen LogP contribution in [0.3, 0.4) is 0 Å². The number of carboxylic acids is 1. The lowest BCUT2D eigenvalue weighted by Gasteiger charge is -2.49. The van der Waals surface area contributed by atoms with Crippen molar-refractivity contribution in [1.82, 2.24) is 15.2 Å². The molecule has 0 saturated carbocycles. The van der Waals surface area contributed by atoms with Gasteiger partial charge in [0.05, 0.1) is 0 Å². The number of oxime groups is 1. The maximum absolute atomic E-state index is 13.1. The van der Waals surface area contributed by atoms with Gasteiger partial charge in [0.25, 0.3) is 11.8 Å². The molecule has 1 aromatic carbocycles. The van der Waals surface area contributed by atoms with Gasteiger partial charge in [-0.15, -0.1) is 23.1 Å². The van der Waals surface area contributed by atoms with Gasteiger partial charge in [-0.1, -0.05) is 35.5 Å². The van der Waals surface area contributed by atoms with Gasteiger partial charge in [-0.2, -0.15) is 8.42 Å². The normalized spacial score (nSPS) is 18.6. The van der Waals surface area contributed by atoms with Gasteiger partial charge in [-0.05, 0) is 30.7 Å². The Morgan fingerprint density at radius 1 is 1.31 bits per heavy atom. The van der Waals surface area contributed by atoms with Crippen LogP contribution >= 0.6 is 23.1 Å². The van der Waals surface area contributed by atoms with E-state index in [-0.39, 0.29) is 45.1 Å². The van der Waals surface area contributed by atoms with E-state index < -0.39 is 39.3 Å². The molecule has 220 valence electrons. The monoisotopic (exact) mass is 633 g/mol. The zero-order valence-corrected chi connectivity index (χ0v) is 24.2. The summed E-state index contributed by atoms with van der Waals surface area (Å²) in [5.41, 5.74) is 0.429. The van der Waals surface area contributed by atoms with E-state index in [1.165, 1.54) is 29.7 Å². The van der Waals surface area contributed by atoms with Crippen LogP contribution < -0.4 is 10.6 Å². The first kappa shape index (κ1) is 30.5. The fourth-order valence-corrected chi connectivity index (χ4v) is 6.54. The second kappa shape index (κ2) is 13.0. The third-order valence-electron chi connectivity index (χ3n) is 5.74. The molecule has 0 spiro atoms. The predicted octanol–water partition coefficient (Wildman–Crippen LogP) is 1.58. The highest BCUT2D eigenvalue weighted by molar-refractivity contribution is 8.00. The molecule has 1 saturated heterocycles. The number of carbonyl (C=O) groups is 4. The van der Waals surface area contributed by atoms with E-state index in [2.05, 4.69) is 27.4 Å². The molecule has 0 bridgehead atoms. The van der Waals surface area contributed by atoms with Crippen LogP contribution in [0.2, 0.25) is 0 Å². The number of hydrogen-bond donors (Lipinski definition) is 3. The van der Waals surface area contributed by atoms with E-state index in [9.17, 15) is 32.7 Å². The number of carboxylic acid groups (broad SMARTS) is 1.